The second-order valence-corrected chi connectivity index (χ2v) is 10.3. The zero-order valence-corrected chi connectivity index (χ0v) is 20.4. The van der Waals surface area contributed by atoms with Crippen LogP contribution in [-0.4, -0.2) is 46.5 Å². The summed E-state index contributed by atoms with van der Waals surface area (Å²) in [6.07, 6.45) is -1.68. The maximum atomic E-state index is 14.6. The SMILES string of the molecule is CC(C)(C)OC(=O)N[C@H]1CSC[C@@H](Cc2ccc(NC(=O)OCc3ccccc3)c(F)c2)[C@@H]1O. The molecule has 3 atom stereocenters. The van der Waals surface area contributed by atoms with Crippen LogP contribution in [0.2, 0.25) is 0 Å². The van der Waals surface area contributed by atoms with E-state index in [2.05, 4.69) is 10.6 Å². The Morgan fingerprint density at radius 1 is 1.09 bits per heavy atom. The Kier molecular flexibility index (Phi) is 8.79. The third-order valence-electron chi connectivity index (χ3n) is 5.21. The van der Waals surface area contributed by atoms with Crippen LogP contribution in [0.5, 0.6) is 0 Å². The van der Waals surface area contributed by atoms with Gasteiger partial charge in [-0.25, -0.2) is 14.0 Å². The number of hydrogen-bond acceptors (Lipinski definition) is 6. The van der Waals surface area contributed by atoms with Crippen molar-refractivity contribution < 1.29 is 28.6 Å². The number of benzene rings is 2. The summed E-state index contributed by atoms with van der Waals surface area (Å²) in [6.45, 7) is 5.41. The van der Waals surface area contributed by atoms with Crippen molar-refractivity contribution >= 4 is 29.6 Å². The van der Waals surface area contributed by atoms with Gasteiger partial charge in [0.05, 0.1) is 17.8 Å². The van der Waals surface area contributed by atoms with E-state index in [0.717, 1.165) is 5.56 Å². The molecule has 0 aliphatic carbocycles. The number of rotatable bonds is 6. The number of aliphatic hydroxyl groups is 1. The van der Waals surface area contributed by atoms with E-state index in [1.807, 2.05) is 30.3 Å². The molecule has 0 spiro atoms. The van der Waals surface area contributed by atoms with Crippen LogP contribution < -0.4 is 10.6 Å². The quantitative estimate of drug-likeness (QED) is 0.542. The molecule has 0 radical (unpaired) electrons. The zero-order valence-electron chi connectivity index (χ0n) is 19.5. The van der Waals surface area contributed by atoms with E-state index in [-0.39, 0.29) is 18.2 Å². The second kappa shape index (κ2) is 11.6. The van der Waals surface area contributed by atoms with Crippen molar-refractivity contribution in [3.05, 3.63) is 65.5 Å². The third kappa shape index (κ3) is 7.92. The van der Waals surface area contributed by atoms with E-state index in [1.165, 1.54) is 12.1 Å². The fourth-order valence-electron chi connectivity index (χ4n) is 3.60. The Balaban J connectivity index is 1.53. The summed E-state index contributed by atoms with van der Waals surface area (Å²) in [5.74, 6) is 0.489. The van der Waals surface area contributed by atoms with E-state index in [1.54, 1.807) is 38.6 Å². The summed E-state index contributed by atoms with van der Waals surface area (Å²) in [5, 5.41) is 15.9. The largest absolute Gasteiger partial charge is 0.444 e. The molecule has 1 fully saturated rings. The lowest BCUT2D eigenvalue weighted by Gasteiger charge is -2.35. The maximum Gasteiger partial charge on any atom is 0.412 e. The van der Waals surface area contributed by atoms with Crippen molar-refractivity contribution in [3.8, 4) is 0 Å². The second-order valence-electron chi connectivity index (χ2n) is 9.25. The number of ether oxygens (including phenoxy) is 2. The molecule has 34 heavy (non-hydrogen) atoms. The number of carbonyl (C=O) groups excluding carboxylic acids is 2. The minimum Gasteiger partial charge on any atom is -0.444 e. The Bertz CT molecular complexity index is 983. The number of anilines is 1. The summed E-state index contributed by atoms with van der Waals surface area (Å²) < 4.78 is 25.0. The predicted molar refractivity (Wildman–Crippen MR) is 130 cm³/mol. The minimum atomic E-state index is -0.789. The van der Waals surface area contributed by atoms with Gasteiger partial charge >= 0.3 is 12.2 Å². The van der Waals surface area contributed by atoms with Gasteiger partial charge in [-0.1, -0.05) is 36.4 Å². The van der Waals surface area contributed by atoms with Gasteiger partial charge in [-0.2, -0.15) is 11.8 Å². The first-order valence-electron chi connectivity index (χ1n) is 11.1. The third-order valence-corrected chi connectivity index (χ3v) is 6.47. The molecule has 3 rings (SSSR count). The summed E-state index contributed by atoms with van der Waals surface area (Å²) >= 11 is 1.62. The lowest BCUT2D eigenvalue weighted by molar-refractivity contribution is 0.0365. The molecule has 1 aliphatic heterocycles. The Morgan fingerprint density at radius 2 is 1.82 bits per heavy atom. The van der Waals surface area contributed by atoms with E-state index in [9.17, 15) is 19.1 Å². The molecular formula is C25H31FN2O5S. The van der Waals surface area contributed by atoms with Crippen LogP contribution in [0.15, 0.2) is 48.5 Å². The first-order chi connectivity index (χ1) is 16.1. The molecule has 3 N–H and O–H groups in total. The van der Waals surface area contributed by atoms with E-state index >= 15 is 0 Å². The molecule has 1 heterocycles. The lowest BCUT2D eigenvalue weighted by atomic mass is 9.91. The number of halogens is 1. The smallest absolute Gasteiger partial charge is 0.412 e. The van der Waals surface area contributed by atoms with Crippen molar-refractivity contribution in [1.82, 2.24) is 5.32 Å². The first-order valence-corrected chi connectivity index (χ1v) is 12.3. The fraction of sp³-hybridized carbons (Fsp3) is 0.440. The van der Waals surface area contributed by atoms with Gasteiger partial charge in [-0.15, -0.1) is 0 Å². The van der Waals surface area contributed by atoms with Gasteiger partial charge in [0.15, 0.2) is 0 Å². The summed E-state index contributed by atoms with van der Waals surface area (Å²) in [6, 6.07) is 13.3. The highest BCUT2D eigenvalue weighted by Gasteiger charge is 2.34. The van der Waals surface area contributed by atoms with Crippen LogP contribution in [0.1, 0.15) is 31.9 Å². The standard InChI is InChI=1S/C25H31FN2O5S/c1-25(2,3)33-24(31)28-21-15-34-14-18(22(21)29)11-17-9-10-20(19(26)12-17)27-23(30)32-13-16-7-5-4-6-8-16/h4-10,12,18,21-22,29H,11,13-15H2,1-3H3,(H,27,30)(H,28,31)/t18-,21+,22+/m1/s1. The maximum absolute atomic E-state index is 14.6. The number of alkyl carbamates (subject to hydrolysis) is 1. The Morgan fingerprint density at radius 3 is 2.50 bits per heavy atom. The first kappa shape index (κ1) is 25.8. The van der Waals surface area contributed by atoms with Gasteiger partial charge in [-0.3, -0.25) is 5.32 Å². The molecule has 2 aromatic rings. The lowest BCUT2D eigenvalue weighted by Crippen LogP contribution is -2.52. The fourth-order valence-corrected chi connectivity index (χ4v) is 4.88. The summed E-state index contributed by atoms with van der Waals surface area (Å²) in [5.41, 5.74) is 0.905. The van der Waals surface area contributed by atoms with Crippen LogP contribution in [0.3, 0.4) is 0 Å². The van der Waals surface area contributed by atoms with Gasteiger partial charge in [-0.05, 0) is 62.1 Å². The van der Waals surface area contributed by atoms with Crippen molar-refractivity contribution in [1.29, 1.82) is 0 Å². The van der Waals surface area contributed by atoms with Gasteiger partial charge < -0.3 is 19.9 Å². The Hall–Kier alpha value is -2.78. The number of hydrogen-bond donors (Lipinski definition) is 3. The van der Waals surface area contributed by atoms with Crippen LogP contribution in [0.4, 0.5) is 19.7 Å². The minimum absolute atomic E-state index is 0.0184. The average Bonchev–Trinajstić information content (AvgIpc) is 2.76. The zero-order chi connectivity index (χ0) is 24.7. The van der Waals surface area contributed by atoms with Crippen molar-refractivity contribution in [2.24, 2.45) is 5.92 Å². The van der Waals surface area contributed by atoms with Crippen molar-refractivity contribution in [3.63, 3.8) is 0 Å². The summed E-state index contributed by atoms with van der Waals surface area (Å²) in [7, 11) is 0. The molecule has 0 bridgehead atoms. The van der Waals surface area contributed by atoms with Gasteiger partial charge in [0.25, 0.3) is 0 Å². The topological polar surface area (TPSA) is 96.9 Å². The summed E-state index contributed by atoms with van der Waals surface area (Å²) in [4.78, 5) is 24.1. The number of thioether (sulfide) groups is 1. The highest BCUT2D eigenvalue weighted by Crippen LogP contribution is 2.28. The normalized spacial score (nSPS) is 20.3. The van der Waals surface area contributed by atoms with Crippen LogP contribution >= 0.6 is 11.8 Å². The molecule has 1 aliphatic rings. The molecule has 2 aromatic carbocycles. The van der Waals surface area contributed by atoms with Crippen molar-refractivity contribution in [2.75, 3.05) is 16.8 Å². The number of nitrogens with one attached hydrogen (secondary N) is 2. The van der Waals surface area contributed by atoms with Crippen LogP contribution in [0, 0.1) is 11.7 Å². The number of aliphatic hydroxyl groups excluding tert-OH is 1. The van der Waals surface area contributed by atoms with Crippen LogP contribution in [0.25, 0.3) is 0 Å². The van der Waals surface area contributed by atoms with Gasteiger partial charge in [0.1, 0.15) is 18.0 Å². The molecular weight excluding hydrogens is 459 g/mol. The average molecular weight is 491 g/mol. The van der Waals surface area contributed by atoms with E-state index < -0.39 is 35.8 Å². The molecule has 0 unspecified atom stereocenters. The number of amides is 2. The Labute approximate surface area is 203 Å². The molecule has 184 valence electrons. The van der Waals surface area contributed by atoms with Gasteiger partial charge in [0, 0.05) is 5.75 Å². The number of carbonyl (C=O) groups is 2. The molecule has 9 heteroatoms. The van der Waals surface area contributed by atoms with E-state index in [0.29, 0.717) is 23.5 Å². The molecule has 2 amide bonds. The highest BCUT2D eigenvalue weighted by atomic mass is 32.2. The van der Waals surface area contributed by atoms with Gasteiger partial charge in [0.2, 0.25) is 0 Å². The molecule has 1 saturated heterocycles. The monoisotopic (exact) mass is 490 g/mol. The molecule has 7 nitrogen and oxygen atoms in total. The van der Waals surface area contributed by atoms with Crippen LogP contribution in [-0.2, 0) is 22.5 Å². The predicted octanol–water partition coefficient (Wildman–Crippen LogP) is 4.73. The molecule has 0 aromatic heterocycles. The highest BCUT2D eigenvalue weighted by molar-refractivity contribution is 7.99. The van der Waals surface area contributed by atoms with Crippen molar-refractivity contribution in [2.45, 2.75) is 51.5 Å². The van der Waals surface area contributed by atoms with E-state index in [4.69, 9.17) is 9.47 Å². The molecule has 0 saturated carbocycles.